The van der Waals surface area contributed by atoms with Crippen molar-refractivity contribution >= 4 is 17.4 Å². The molecule has 1 aromatic rings. The molecule has 1 atom stereocenters. The third-order valence-corrected chi connectivity index (χ3v) is 4.29. The minimum absolute atomic E-state index is 0.0859. The van der Waals surface area contributed by atoms with Crippen molar-refractivity contribution in [1.82, 2.24) is 5.32 Å². The first-order valence-corrected chi connectivity index (χ1v) is 7.64. The van der Waals surface area contributed by atoms with Crippen molar-refractivity contribution in [3.05, 3.63) is 24.3 Å². The van der Waals surface area contributed by atoms with Crippen LogP contribution in [0.15, 0.2) is 24.3 Å². The van der Waals surface area contributed by atoms with E-state index in [0.717, 1.165) is 31.4 Å². The summed E-state index contributed by atoms with van der Waals surface area (Å²) < 4.78 is 5.92. The van der Waals surface area contributed by atoms with Crippen LogP contribution in [0.4, 0.5) is 16.2 Å². The minimum atomic E-state index is -0.173. The van der Waals surface area contributed by atoms with Crippen LogP contribution in [-0.4, -0.2) is 24.3 Å². The highest BCUT2D eigenvalue weighted by atomic mass is 16.5. The summed E-state index contributed by atoms with van der Waals surface area (Å²) in [5, 5.41) is 5.88. The van der Waals surface area contributed by atoms with Crippen molar-refractivity contribution in [1.29, 1.82) is 0 Å². The molecule has 1 unspecified atom stereocenters. The molecule has 0 aliphatic carbocycles. The average Bonchev–Trinajstić information content (AvgIpc) is 2.49. The van der Waals surface area contributed by atoms with Crippen molar-refractivity contribution in [2.24, 2.45) is 0 Å². The molecule has 5 nitrogen and oxygen atoms in total. The van der Waals surface area contributed by atoms with Crippen LogP contribution >= 0.6 is 0 Å². The molecule has 0 bridgehead atoms. The van der Waals surface area contributed by atoms with Crippen molar-refractivity contribution in [3.63, 3.8) is 0 Å². The van der Waals surface area contributed by atoms with Gasteiger partial charge in [0, 0.05) is 24.0 Å². The largest absolute Gasteiger partial charge is 0.399 e. The number of hydrogen-bond donors (Lipinski definition) is 3. The summed E-state index contributed by atoms with van der Waals surface area (Å²) in [5.74, 6) is 0. The van der Waals surface area contributed by atoms with Crippen LogP contribution in [0.1, 0.15) is 39.5 Å². The van der Waals surface area contributed by atoms with Gasteiger partial charge in [-0.15, -0.1) is 0 Å². The van der Waals surface area contributed by atoms with Crippen LogP contribution in [0.25, 0.3) is 0 Å². The van der Waals surface area contributed by atoms with E-state index in [9.17, 15) is 4.79 Å². The second-order valence-corrected chi connectivity index (χ2v) is 5.65. The van der Waals surface area contributed by atoms with Crippen molar-refractivity contribution in [2.75, 3.05) is 17.7 Å². The Bertz CT molecular complexity index is 469. The number of carbonyl (C=O) groups excluding carboxylic acids is 1. The fourth-order valence-electron chi connectivity index (χ4n) is 2.81. The molecule has 0 spiro atoms. The predicted octanol–water partition coefficient (Wildman–Crippen LogP) is 3.13. The molecule has 1 fully saturated rings. The number of anilines is 2. The number of hydrogen-bond acceptors (Lipinski definition) is 3. The monoisotopic (exact) mass is 291 g/mol. The average molecular weight is 291 g/mol. The Morgan fingerprint density at radius 3 is 2.62 bits per heavy atom. The fraction of sp³-hybridized carbons (Fsp3) is 0.562. The third kappa shape index (κ3) is 4.11. The first-order chi connectivity index (χ1) is 10.1. The van der Waals surface area contributed by atoms with Crippen LogP contribution in [0.3, 0.4) is 0 Å². The maximum absolute atomic E-state index is 12.1. The molecule has 1 heterocycles. The normalized spacial score (nSPS) is 20.8. The highest BCUT2D eigenvalue weighted by Gasteiger charge is 2.34. The number of benzene rings is 1. The van der Waals surface area contributed by atoms with Gasteiger partial charge in [-0.2, -0.15) is 0 Å². The predicted molar refractivity (Wildman–Crippen MR) is 85.3 cm³/mol. The van der Waals surface area contributed by atoms with E-state index in [1.807, 2.05) is 0 Å². The summed E-state index contributed by atoms with van der Waals surface area (Å²) in [5.41, 5.74) is 6.96. The van der Waals surface area contributed by atoms with Crippen LogP contribution in [-0.2, 0) is 4.74 Å². The zero-order chi connectivity index (χ0) is 15.3. The molecule has 116 valence electrons. The maximum Gasteiger partial charge on any atom is 0.319 e. The number of rotatable bonds is 4. The third-order valence-electron chi connectivity index (χ3n) is 4.29. The van der Waals surface area contributed by atoms with Crippen molar-refractivity contribution in [2.45, 2.75) is 51.2 Å². The smallest absolute Gasteiger partial charge is 0.319 e. The number of urea groups is 1. The Morgan fingerprint density at radius 2 is 2.00 bits per heavy atom. The molecule has 0 radical (unpaired) electrons. The quantitative estimate of drug-likeness (QED) is 0.746. The van der Waals surface area contributed by atoms with E-state index in [1.165, 1.54) is 0 Å². The maximum atomic E-state index is 12.1. The lowest BCUT2D eigenvalue weighted by molar-refractivity contribution is -0.0914. The SMILES string of the molecule is CCC1(CC)CC(NC(=O)Nc2ccc(N)cc2)CCO1. The van der Waals surface area contributed by atoms with Crippen molar-refractivity contribution < 1.29 is 9.53 Å². The molecular weight excluding hydrogens is 266 g/mol. The number of carbonyl (C=O) groups is 1. The number of nitrogen functional groups attached to an aromatic ring is 1. The van der Waals surface area contributed by atoms with E-state index in [0.29, 0.717) is 12.3 Å². The number of nitrogens with two attached hydrogens (primary N) is 1. The lowest BCUT2D eigenvalue weighted by Crippen LogP contribution is -2.49. The molecule has 2 amide bonds. The highest BCUT2D eigenvalue weighted by molar-refractivity contribution is 5.89. The number of amides is 2. The molecule has 2 rings (SSSR count). The van der Waals surface area contributed by atoms with Crippen LogP contribution in [0.2, 0.25) is 0 Å². The van der Waals surface area contributed by atoms with E-state index in [1.54, 1.807) is 24.3 Å². The lowest BCUT2D eigenvalue weighted by Gasteiger charge is -2.40. The van der Waals surface area contributed by atoms with E-state index < -0.39 is 0 Å². The molecule has 4 N–H and O–H groups in total. The zero-order valence-electron chi connectivity index (χ0n) is 12.8. The van der Waals surface area contributed by atoms with Gasteiger partial charge in [-0.05, 0) is 49.9 Å². The van der Waals surface area contributed by atoms with Gasteiger partial charge in [-0.3, -0.25) is 0 Å². The van der Waals surface area contributed by atoms with Gasteiger partial charge >= 0.3 is 6.03 Å². The molecule has 21 heavy (non-hydrogen) atoms. The van der Waals surface area contributed by atoms with E-state index in [4.69, 9.17) is 10.5 Å². The van der Waals surface area contributed by atoms with Gasteiger partial charge < -0.3 is 21.1 Å². The molecule has 1 aliphatic heterocycles. The summed E-state index contributed by atoms with van der Waals surface area (Å²) in [7, 11) is 0. The molecule has 0 aromatic heterocycles. The Balaban J connectivity index is 1.88. The van der Waals surface area contributed by atoms with Crippen LogP contribution in [0.5, 0.6) is 0 Å². The summed E-state index contributed by atoms with van der Waals surface area (Å²) in [4.78, 5) is 12.1. The fourth-order valence-corrected chi connectivity index (χ4v) is 2.81. The number of nitrogens with one attached hydrogen (secondary N) is 2. The molecule has 5 heteroatoms. The summed E-state index contributed by atoms with van der Waals surface area (Å²) >= 11 is 0. The van der Waals surface area contributed by atoms with Crippen molar-refractivity contribution in [3.8, 4) is 0 Å². The van der Waals surface area contributed by atoms with Gasteiger partial charge in [0.25, 0.3) is 0 Å². The van der Waals surface area contributed by atoms with Gasteiger partial charge in [0.2, 0.25) is 0 Å². The summed E-state index contributed by atoms with van der Waals surface area (Å²) in [6.45, 7) is 4.98. The Hall–Kier alpha value is -1.75. The molecule has 1 aromatic carbocycles. The molecule has 1 saturated heterocycles. The standard InChI is InChI=1S/C16H25N3O2/c1-3-16(4-2)11-14(9-10-21-16)19-15(20)18-13-7-5-12(17)6-8-13/h5-8,14H,3-4,9-11,17H2,1-2H3,(H2,18,19,20). The zero-order valence-corrected chi connectivity index (χ0v) is 12.8. The first kappa shape index (κ1) is 15.6. The van der Waals surface area contributed by atoms with Gasteiger partial charge in [0.1, 0.15) is 0 Å². The van der Waals surface area contributed by atoms with E-state index >= 15 is 0 Å². The van der Waals surface area contributed by atoms with Crippen LogP contribution < -0.4 is 16.4 Å². The van der Waals surface area contributed by atoms with E-state index in [-0.39, 0.29) is 17.7 Å². The van der Waals surface area contributed by atoms with Crippen LogP contribution in [0, 0.1) is 0 Å². The second-order valence-electron chi connectivity index (χ2n) is 5.65. The Kier molecular flexibility index (Phi) is 5.07. The second kappa shape index (κ2) is 6.80. The summed E-state index contributed by atoms with van der Waals surface area (Å²) in [6.07, 6.45) is 3.68. The lowest BCUT2D eigenvalue weighted by atomic mass is 9.86. The van der Waals surface area contributed by atoms with Gasteiger partial charge in [0.05, 0.1) is 5.60 Å². The first-order valence-electron chi connectivity index (χ1n) is 7.64. The summed E-state index contributed by atoms with van der Waals surface area (Å²) in [6, 6.07) is 7.11. The Morgan fingerprint density at radius 1 is 1.33 bits per heavy atom. The topological polar surface area (TPSA) is 76.4 Å². The van der Waals surface area contributed by atoms with E-state index in [2.05, 4.69) is 24.5 Å². The highest BCUT2D eigenvalue weighted by Crippen LogP contribution is 2.31. The van der Waals surface area contributed by atoms with Gasteiger partial charge in [0.15, 0.2) is 0 Å². The Labute approximate surface area is 126 Å². The molecule has 1 aliphatic rings. The molecular formula is C16H25N3O2. The van der Waals surface area contributed by atoms with Gasteiger partial charge in [-0.1, -0.05) is 13.8 Å². The minimum Gasteiger partial charge on any atom is -0.399 e. The van der Waals surface area contributed by atoms with Gasteiger partial charge in [-0.25, -0.2) is 4.79 Å². The number of ether oxygens (including phenoxy) is 1. The molecule has 0 saturated carbocycles.